The average molecular weight is 332 g/mol. The summed E-state index contributed by atoms with van der Waals surface area (Å²) in [5.74, 6) is 0. The summed E-state index contributed by atoms with van der Waals surface area (Å²) in [5, 5.41) is 15.2. The van der Waals surface area contributed by atoms with Gasteiger partial charge in [0.1, 0.15) is 0 Å². The van der Waals surface area contributed by atoms with Crippen molar-refractivity contribution in [2.45, 2.75) is 25.7 Å². The minimum Gasteiger partial charge on any atom is -0.389 e. The topological polar surface area (TPSA) is 41.5 Å². The van der Waals surface area contributed by atoms with Gasteiger partial charge in [0.05, 0.1) is 23.7 Å². The van der Waals surface area contributed by atoms with Gasteiger partial charge in [-0.1, -0.05) is 17.7 Å². The predicted molar refractivity (Wildman–Crippen MR) is 85.7 cm³/mol. The number of nitrogens with one attached hydrogen (secondary N) is 1. The maximum absolute atomic E-state index is 9.87. The summed E-state index contributed by atoms with van der Waals surface area (Å²) in [5.41, 5.74) is 0. The van der Waals surface area contributed by atoms with Crippen molar-refractivity contribution in [3.8, 4) is 0 Å². The lowest BCUT2D eigenvalue weighted by Crippen LogP contribution is -2.31. The fourth-order valence-electron chi connectivity index (χ4n) is 1.72. The zero-order valence-electron chi connectivity index (χ0n) is 11.2. The number of thiophene rings is 2. The van der Waals surface area contributed by atoms with Crippen molar-refractivity contribution in [1.82, 2.24) is 5.32 Å². The normalized spacial score (nSPS) is 14.3. The van der Waals surface area contributed by atoms with Crippen LogP contribution < -0.4 is 5.32 Å². The van der Waals surface area contributed by atoms with Crippen LogP contribution in [-0.4, -0.2) is 24.4 Å². The molecule has 0 radical (unpaired) electrons. The van der Waals surface area contributed by atoms with Crippen LogP contribution in [0.4, 0.5) is 0 Å². The molecule has 2 atom stereocenters. The lowest BCUT2D eigenvalue weighted by atomic mass is 10.2. The van der Waals surface area contributed by atoms with Gasteiger partial charge in [0.25, 0.3) is 0 Å². The van der Waals surface area contributed by atoms with Gasteiger partial charge < -0.3 is 15.2 Å². The molecule has 2 N–H and O–H groups in total. The zero-order valence-corrected chi connectivity index (χ0v) is 13.6. The molecule has 3 nitrogen and oxygen atoms in total. The molecule has 0 saturated carbocycles. The Morgan fingerprint density at radius 3 is 2.90 bits per heavy atom. The number of aliphatic hydroxyl groups excluding tert-OH is 1. The molecule has 0 aliphatic rings. The summed E-state index contributed by atoms with van der Waals surface area (Å²) in [4.78, 5) is 2.34. The van der Waals surface area contributed by atoms with Crippen LogP contribution in [0.25, 0.3) is 0 Å². The Balaban J connectivity index is 1.63. The van der Waals surface area contributed by atoms with Crippen LogP contribution >= 0.6 is 34.3 Å². The van der Waals surface area contributed by atoms with E-state index in [9.17, 15) is 5.11 Å². The van der Waals surface area contributed by atoms with Crippen molar-refractivity contribution in [3.05, 3.63) is 43.7 Å². The van der Waals surface area contributed by atoms with Crippen LogP contribution in [0.2, 0.25) is 4.34 Å². The monoisotopic (exact) mass is 331 g/mol. The Labute approximate surface area is 132 Å². The molecule has 6 heteroatoms. The van der Waals surface area contributed by atoms with E-state index < -0.39 is 6.10 Å². The van der Waals surface area contributed by atoms with Crippen molar-refractivity contribution >= 4 is 34.3 Å². The van der Waals surface area contributed by atoms with Crippen LogP contribution in [0.1, 0.15) is 22.7 Å². The van der Waals surface area contributed by atoms with E-state index in [1.54, 1.807) is 22.7 Å². The Kier molecular flexibility index (Phi) is 6.48. The molecule has 2 aromatic heterocycles. The van der Waals surface area contributed by atoms with Gasteiger partial charge in [-0.05, 0) is 30.5 Å². The molecule has 0 saturated heterocycles. The number of rotatable bonds is 8. The molecule has 2 rings (SSSR count). The quantitative estimate of drug-likeness (QED) is 0.775. The molecule has 0 fully saturated rings. The summed E-state index contributed by atoms with van der Waals surface area (Å²) in [7, 11) is 0. The van der Waals surface area contributed by atoms with E-state index in [1.807, 2.05) is 29.6 Å². The van der Waals surface area contributed by atoms with Crippen molar-refractivity contribution in [2.75, 3.05) is 13.2 Å². The second-order valence-electron chi connectivity index (χ2n) is 4.52. The molecule has 2 heterocycles. The molecular formula is C14H18ClNO2S2. The van der Waals surface area contributed by atoms with Crippen LogP contribution in [-0.2, 0) is 11.3 Å². The fourth-order valence-corrected chi connectivity index (χ4v) is 3.45. The maximum Gasteiger partial charge on any atom is 0.0931 e. The Bertz CT molecular complexity index is 501. The van der Waals surface area contributed by atoms with Crippen LogP contribution in [0.5, 0.6) is 0 Å². The molecule has 0 aromatic carbocycles. The van der Waals surface area contributed by atoms with E-state index in [1.165, 1.54) is 9.75 Å². The molecule has 20 heavy (non-hydrogen) atoms. The summed E-state index contributed by atoms with van der Waals surface area (Å²) < 4.78 is 6.27. The smallest absolute Gasteiger partial charge is 0.0931 e. The summed E-state index contributed by atoms with van der Waals surface area (Å²) in [6.45, 7) is 3.45. The van der Waals surface area contributed by atoms with Gasteiger partial charge in [-0.2, -0.15) is 0 Å². The predicted octanol–water partition coefficient (Wildman–Crippen LogP) is 3.69. The van der Waals surface area contributed by atoms with E-state index in [-0.39, 0.29) is 6.04 Å². The highest BCUT2D eigenvalue weighted by atomic mass is 35.5. The van der Waals surface area contributed by atoms with Gasteiger partial charge in [0.15, 0.2) is 0 Å². The van der Waals surface area contributed by atoms with Gasteiger partial charge in [0.2, 0.25) is 0 Å². The first kappa shape index (κ1) is 15.9. The highest BCUT2D eigenvalue weighted by Crippen LogP contribution is 2.26. The van der Waals surface area contributed by atoms with Gasteiger partial charge in [0, 0.05) is 22.3 Å². The summed E-state index contributed by atoms with van der Waals surface area (Å²) >= 11 is 9.12. The van der Waals surface area contributed by atoms with E-state index in [4.69, 9.17) is 16.3 Å². The van der Waals surface area contributed by atoms with E-state index in [2.05, 4.69) is 12.2 Å². The van der Waals surface area contributed by atoms with Crippen LogP contribution in [0, 0.1) is 0 Å². The van der Waals surface area contributed by atoms with Gasteiger partial charge in [-0.15, -0.1) is 22.7 Å². The second-order valence-corrected chi connectivity index (χ2v) is 7.30. The van der Waals surface area contributed by atoms with Crippen LogP contribution in [0.3, 0.4) is 0 Å². The van der Waals surface area contributed by atoms with Gasteiger partial charge in [-0.25, -0.2) is 0 Å². The van der Waals surface area contributed by atoms with E-state index >= 15 is 0 Å². The van der Waals surface area contributed by atoms with Crippen LogP contribution in [0.15, 0.2) is 29.6 Å². The molecule has 0 spiro atoms. The Morgan fingerprint density at radius 1 is 1.40 bits per heavy atom. The van der Waals surface area contributed by atoms with Crippen molar-refractivity contribution < 1.29 is 9.84 Å². The largest absolute Gasteiger partial charge is 0.389 e. The molecule has 2 aromatic rings. The van der Waals surface area contributed by atoms with Crippen molar-refractivity contribution in [2.24, 2.45) is 0 Å². The first-order chi connectivity index (χ1) is 9.65. The molecule has 0 aliphatic heterocycles. The van der Waals surface area contributed by atoms with E-state index in [0.717, 1.165) is 4.34 Å². The lowest BCUT2D eigenvalue weighted by molar-refractivity contribution is 0.0288. The lowest BCUT2D eigenvalue weighted by Gasteiger charge is -2.16. The molecule has 2 unspecified atom stereocenters. The number of hydrogen-bond acceptors (Lipinski definition) is 5. The van der Waals surface area contributed by atoms with Gasteiger partial charge >= 0.3 is 0 Å². The second kappa shape index (κ2) is 8.12. The number of halogens is 1. The molecular weight excluding hydrogens is 314 g/mol. The third kappa shape index (κ3) is 5.16. The first-order valence-electron chi connectivity index (χ1n) is 6.42. The molecule has 0 amide bonds. The minimum absolute atomic E-state index is 0.180. The average Bonchev–Trinajstić information content (AvgIpc) is 3.07. The van der Waals surface area contributed by atoms with Gasteiger partial charge in [-0.3, -0.25) is 0 Å². The first-order valence-corrected chi connectivity index (χ1v) is 8.49. The summed E-state index contributed by atoms with van der Waals surface area (Å²) in [6.07, 6.45) is -0.507. The Hall–Kier alpha value is -0.430. The third-order valence-corrected chi connectivity index (χ3v) is 5.08. The SMILES string of the molecule is CC(NCC(O)COCc1cccs1)c1ccc(Cl)s1. The standard InChI is InChI=1S/C14H18ClNO2S2/c1-10(13-4-5-14(15)20-13)16-7-11(17)8-18-9-12-3-2-6-19-12/h2-6,10-11,16-17H,7-9H2,1H3. The molecule has 110 valence electrons. The molecule has 0 aliphatic carbocycles. The third-order valence-electron chi connectivity index (χ3n) is 2.82. The highest BCUT2D eigenvalue weighted by molar-refractivity contribution is 7.16. The fraction of sp³-hybridized carbons (Fsp3) is 0.429. The maximum atomic E-state index is 9.87. The minimum atomic E-state index is -0.507. The number of aliphatic hydroxyl groups is 1. The summed E-state index contributed by atoms with van der Waals surface area (Å²) in [6, 6.07) is 8.09. The van der Waals surface area contributed by atoms with Crippen molar-refractivity contribution in [1.29, 1.82) is 0 Å². The van der Waals surface area contributed by atoms with Crippen molar-refractivity contribution in [3.63, 3.8) is 0 Å². The Morgan fingerprint density at radius 2 is 2.25 bits per heavy atom. The number of hydrogen-bond donors (Lipinski definition) is 2. The zero-order chi connectivity index (χ0) is 14.4. The van der Waals surface area contributed by atoms with E-state index in [0.29, 0.717) is 19.8 Å². The molecule has 0 bridgehead atoms. The highest BCUT2D eigenvalue weighted by Gasteiger charge is 2.11. The number of ether oxygens (including phenoxy) is 1.